The van der Waals surface area contributed by atoms with Gasteiger partial charge in [0.05, 0.1) is 11.4 Å². The highest BCUT2D eigenvalue weighted by Gasteiger charge is 2.38. The van der Waals surface area contributed by atoms with Gasteiger partial charge in [0, 0.05) is 32.2 Å². The van der Waals surface area contributed by atoms with Gasteiger partial charge in [0.25, 0.3) is 5.91 Å². The van der Waals surface area contributed by atoms with Gasteiger partial charge in [-0.2, -0.15) is 0 Å². The minimum Gasteiger partial charge on any atom is -0.361 e. The summed E-state index contributed by atoms with van der Waals surface area (Å²) >= 11 is 0. The number of likely N-dealkylation sites (tertiary alicyclic amines) is 1. The van der Waals surface area contributed by atoms with Crippen LogP contribution in [0.3, 0.4) is 0 Å². The van der Waals surface area contributed by atoms with Crippen molar-refractivity contribution in [2.75, 3.05) is 43.4 Å². The van der Waals surface area contributed by atoms with Crippen LogP contribution < -0.4 is 15.5 Å². The number of carbonyl (C=O) groups is 2. The van der Waals surface area contributed by atoms with Gasteiger partial charge < -0.3 is 20.4 Å². The number of fused-ring (bicyclic) bond motifs is 1. The predicted octanol–water partition coefficient (Wildman–Crippen LogP) is 1.68. The molecule has 25 heavy (non-hydrogen) atoms. The van der Waals surface area contributed by atoms with E-state index in [-0.39, 0.29) is 17.9 Å². The lowest BCUT2D eigenvalue weighted by molar-refractivity contribution is -0.117. The monoisotopic (exact) mass is 342 g/mol. The first-order chi connectivity index (χ1) is 12.0. The summed E-state index contributed by atoms with van der Waals surface area (Å²) in [6.07, 6.45) is 3.38. The molecule has 0 aliphatic carbocycles. The van der Waals surface area contributed by atoms with E-state index in [4.69, 9.17) is 0 Å². The molecule has 3 aliphatic heterocycles. The van der Waals surface area contributed by atoms with Crippen LogP contribution >= 0.6 is 0 Å². The standard InChI is InChI=1S/C19H26N4O2/c1-13-17(24)21-15-11-14(3-4-16(15)22(13)2)18(25)23-9-6-19(7-10-23)5-8-20-12-19/h3-4,11,13,20H,5-10,12H2,1-2H3,(H,21,24). The average Bonchev–Trinajstić information content (AvgIpc) is 3.07. The number of benzene rings is 1. The average molecular weight is 342 g/mol. The minimum absolute atomic E-state index is 0.0340. The molecule has 2 N–H and O–H groups in total. The third-order valence-electron chi connectivity index (χ3n) is 6.29. The second-order valence-corrected chi connectivity index (χ2v) is 7.73. The summed E-state index contributed by atoms with van der Waals surface area (Å²) in [6, 6.07) is 5.43. The van der Waals surface area contributed by atoms with Crippen molar-refractivity contribution in [2.45, 2.75) is 32.2 Å². The minimum atomic E-state index is -0.202. The van der Waals surface area contributed by atoms with Gasteiger partial charge in [-0.15, -0.1) is 0 Å². The molecule has 6 heteroatoms. The summed E-state index contributed by atoms with van der Waals surface area (Å²) in [5, 5.41) is 6.37. The van der Waals surface area contributed by atoms with Gasteiger partial charge in [0.2, 0.25) is 5.91 Å². The highest BCUT2D eigenvalue weighted by molar-refractivity contribution is 6.05. The molecule has 0 radical (unpaired) electrons. The van der Waals surface area contributed by atoms with Gasteiger partial charge in [-0.25, -0.2) is 0 Å². The van der Waals surface area contributed by atoms with Gasteiger partial charge in [0.15, 0.2) is 0 Å². The van der Waals surface area contributed by atoms with Crippen LogP contribution in [0.1, 0.15) is 36.5 Å². The molecule has 2 amide bonds. The Hall–Kier alpha value is -2.08. The molecule has 2 fully saturated rings. The SMILES string of the molecule is CC1C(=O)Nc2cc(C(=O)N3CCC4(CCNC4)CC3)ccc2N1C. The van der Waals surface area contributed by atoms with E-state index < -0.39 is 0 Å². The van der Waals surface area contributed by atoms with E-state index >= 15 is 0 Å². The molecule has 4 rings (SSSR count). The van der Waals surface area contributed by atoms with Crippen LogP contribution in [0, 0.1) is 5.41 Å². The lowest BCUT2D eigenvalue weighted by Gasteiger charge is -2.39. The molecule has 0 bridgehead atoms. The molecule has 3 aliphatic rings. The topological polar surface area (TPSA) is 64.7 Å². The highest BCUT2D eigenvalue weighted by atomic mass is 16.2. The van der Waals surface area contributed by atoms with E-state index in [2.05, 4.69) is 10.6 Å². The zero-order valence-electron chi connectivity index (χ0n) is 15.0. The Balaban J connectivity index is 1.50. The van der Waals surface area contributed by atoms with Gasteiger partial charge >= 0.3 is 0 Å². The molecular formula is C19H26N4O2. The van der Waals surface area contributed by atoms with E-state index in [0.29, 0.717) is 11.0 Å². The van der Waals surface area contributed by atoms with E-state index in [1.54, 1.807) is 0 Å². The fraction of sp³-hybridized carbons (Fsp3) is 0.579. The van der Waals surface area contributed by atoms with E-state index in [1.807, 2.05) is 42.0 Å². The third-order valence-corrected chi connectivity index (χ3v) is 6.29. The van der Waals surface area contributed by atoms with Crippen molar-refractivity contribution in [2.24, 2.45) is 5.41 Å². The molecule has 1 unspecified atom stereocenters. The molecule has 0 aromatic heterocycles. The molecular weight excluding hydrogens is 316 g/mol. The third kappa shape index (κ3) is 2.78. The van der Waals surface area contributed by atoms with Gasteiger partial charge in [-0.3, -0.25) is 9.59 Å². The number of amides is 2. The molecule has 1 atom stereocenters. The van der Waals surface area contributed by atoms with Crippen LogP contribution in [0.15, 0.2) is 18.2 Å². The molecule has 134 valence electrons. The summed E-state index contributed by atoms with van der Waals surface area (Å²) in [5.41, 5.74) is 2.74. The normalized spacial score (nSPS) is 25.0. The molecule has 2 saturated heterocycles. The summed E-state index contributed by atoms with van der Waals surface area (Å²) in [4.78, 5) is 28.8. The largest absolute Gasteiger partial charge is 0.361 e. The fourth-order valence-corrected chi connectivity index (χ4v) is 4.29. The second-order valence-electron chi connectivity index (χ2n) is 7.73. The number of likely N-dealkylation sites (N-methyl/N-ethyl adjacent to an activating group) is 1. The number of nitrogens with zero attached hydrogens (tertiary/aromatic N) is 2. The van der Waals surface area contributed by atoms with Crippen LogP contribution in [0.4, 0.5) is 11.4 Å². The predicted molar refractivity (Wildman–Crippen MR) is 98.0 cm³/mol. The molecule has 3 heterocycles. The maximum absolute atomic E-state index is 12.9. The quantitative estimate of drug-likeness (QED) is 0.815. The maximum Gasteiger partial charge on any atom is 0.253 e. The Morgan fingerprint density at radius 3 is 2.68 bits per heavy atom. The van der Waals surface area contributed by atoms with Crippen LogP contribution in [0.2, 0.25) is 0 Å². The Bertz CT molecular complexity index is 701. The first-order valence-electron chi connectivity index (χ1n) is 9.17. The lowest BCUT2D eigenvalue weighted by Crippen LogP contribution is -2.45. The maximum atomic E-state index is 12.9. The molecule has 6 nitrogen and oxygen atoms in total. The number of rotatable bonds is 1. The van der Waals surface area contributed by atoms with Crippen LogP contribution in [0.25, 0.3) is 0 Å². The number of carbonyl (C=O) groups excluding carboxylic acids is 2. The van der Waals surface area contributed by atoms with Gasteiger partial charge in [-0.1, -0.05) is 0 Å². The summed E-state index contributed by atoms with van der Waals surface area (Å²) in [6.45, 7) is 5.70. The first-order valence-corrected chi connectivity index (χ1v) is 9.17. The second kappa shape index (κ2) is 6.02. The number of hydrogen-bond acceptors (Lipinski definition) is 4. The van der Waals surface area contributed by atoms with Crippen molar-refractivity contribution >= 4 is 23.2 Å². The summed E-state index contributed by atoms with van der Waals surface area (Å²) in [7, 11) is 1.91. The number of hydrogen-bond donors (Lipinski definition) is 2. The lowest BCUT2D eigenvalue weighted by atomic mass is 9.78. The van der Waals surface area contributed by atoms with Crippen molar-refractivity contribution in [3.8, 4) is 0 Å². The Kier molecular flexibility index (Phi) is 3.95. The Labute approximate surface area is 148 Å². The smallest absolute Gasteiger partial charge is 0.253 e. The summed E-state index contributed by atoms with van der Waals surface area (Å²) < 4.78 is 0. The summed E-state index contributed by atoms with van der Waals surface area (Å²) in [5.74, 6) is 0.0346. The number of piperidine rings is 1. The van der Waals surface area contributed by atoms with E-state index in [9.17, 15) is 9.59 Å². The van der Waals surface area contributed by atoms with Crippen molar-refractivity contribution in [3.63, 3.8) is 0 Å². The molecule has 1 aromatic rings. The molecule has 0 saturated carbocycles. The van der Waals surface area contributed by atoms with Gasteiger partial charge in [-0.05, 0) is 56.3 Å². The fourth-order valence-electron chi connectivity index (χ4n) is 4.29. The van der Waals surface area contributed by atoms with E-state index in [1.165, 1.54) is 6.42 Å². The highest BCUT2D eigenvalue weighted by Crippen LogP contribution is 2.38. The zero-order valence-corrected chi connectivity index (χ0v) is 15.0. The van der Waals surface area contributed by atoms with Crippen molar-refractivity contribution in [3.05, 3.63) is 23.8 Å². The van der Waals surface area contributed by atoms with Crippen LogP contribution in [-0.2, 0) is 4.79 Å². The molecule has 1 aromatic carbocycles. The van der Waals surface area contributed by atoms with Crippen LogP contribution in [-0.4, -0.2) is 56.0 Å². The Morgan fingerprint density at radius 2 is 2.00 bits per heavy atom. The first kappa shape index (κ1) is 16.4. The number of anilines is 2. The van der Waals surface area contributed by atoms with Crippen molar-refractivity contribution in [1.29, 1.82) is 0 Å². The van der Waals surface area contributed by atoms with Crippen molar-refractivity contribution < 1.29 is 9.59 Å². The Morgan fingerprint density at radius 1 is 1.24 bits per heavy atom. The van der Waals surface area contributed by atoms with E-state index in [0.717, 1.165) is 50.4 Å². The van der Waals surface area contributed by atoms with Crippen LogP contribution in [0.5, 0.6) is 0 Å². The van der Waals surface area contributed by atoms with Crippen molar-refractivity contribution in [1.82, 2.24) is 10.2 Å². The number of nitrogens with one attached hydrogen (secondary N) is 2. The molecule has 1 spiro atoms. The van der Waals surface area contributed by atoms with Gasteiger partial charge in [0.1, 0.15) is 6.04 Å². The zero-order chi connectivity index (χ0) is 17.6.